The van der Waals surface area contributed by atoms with Crippen molar-refractivity contribution >= 4 is 44.9 Å². The molecule has 2 aromatic rings. The van der Waals surface area contributed by atoms with E-state index in [4.69, 9.17) is 5.73 Å². The summed E-state index contributed by atoms with van der Waals surface area (Å²) in [6.07, 6.45) is 0. The number of rotatable bonds is 2. The van der Waals surface area contributed by atoms with Gasteiger partial charge in [-0.05, 0) is 28.7 Å². The number of aromatic nitrogens is 1. The monoisotopic (exact) mass is 360 g/mol. The summed E-state index contributed by atoms with van der Waals surface area (Å²) in [5.74, 6) is -0.504. The first kappa shape index (κ1) is 12.3. The molecule has 0 saturated heterocycles. The highest BCUT2D eigenvalue weighted by atomic mass is 127. The molecule has 1 heterocycles. The number of methoxy groups -OCH3 is 1. The summed E-state index contributed by atoms with van der Waals surface area (Å²) < 4.78 is 5.68. The number of benzene rings is 1. The molecule has 0 amide bonds. The minimum absolute atomic E-state index is 0.187. The molecule has 0 radical (unpaired) electrons. The average molecular weight is 360 g/mol. The third kappa shape index (κ3) is 2.42. The summed E-state index contributed by atoms with van der Waals surface area (Å²) in [6.45, 7) is 0. The highest BCUT2D eigenvalue weighted by Gasteiger charge is 2.18. The van der Waals surface area contributed by atoms with Crippen LogP contribution >= 0.6 is 33.9 Å². The fraction of sp³-hybridized carbons (Fsp3) is 0.0909. The van der Waals surface area contributed by atoms with E-state index in [9.17, 15) is 4.79 Å². The smallest absolute Gasteiger partial charge is 0.359 e. The molecule has 0 spiro atoms. The number of hydrogen-bond acceptors (Lipinski definition) is 5. The quantitative estimate of drug-likeness (QED) is 0.661. The van der Waals surface area contributed by atoms with E-state index in [0.717, 1.165) is 14.1 Å². The van der Waals surface area contributed by atoms with Gasteiger partial charge in [-0.15, -0.1) is 0 Å². The Hall–Kier alpha value is -1.15. The predicted octanol–water partition coefficient (Wildman–Crippen LogP) is 2.78. The van der Waals surface area contributed by atoms with Gasteiger partial charge in [0.2, 0.25) is 0 Å². The Bertz CT molecular complexity index is 568. The maximum absolute atomic E-state index is 11.4. The van der Waals surface area contributed by atoms with E-state index in [1.807, 2.05) is 24.3 Å². The van der Waals surface area contributed by atoms with Crippen molar-refractivity contribution in [2.45, 2.75) is 0 Å². The predicted molar refractivity (Wildman–Crippen MR) is 76.0 cm³/mol. The third-order valence-corrected chi connectivity index (χ3v) is 3.99. The minimum atomic E-state index is -0.504. The number of carbonyl (C=O) groups is 1. The van der Waals surface area contributed by atoms with Crippen molar-refractivity contribution in [2.24, 2.45) is 0 Å². The standard InChI is InChI=1S/C11H9IN2O2S/c1-16-11(15)8-9(13)17-10(14-8)6-4-2-3-5-7(6)12/h2-5H,13H2,1H3. The molecule has 0 fully saturated rings. The molecular weight excluding hydrogens is 351 g/mol. The molecule has 0 aliphatic heterocycles. The molecule has 88 valence electrons. The van der Waals surface area contributed by atoms with Crippen molar-refractivity contribution in [3.05, 3.63) is 33.5 Å². The van der Waals surface area contributed by atoms with Crippen LogP contribution in [0, 0.1) is 3.57 Å². The van der Waals surface area contributed by atoms with Gasteiger partial charge in [0.05, 0.1) is 7.11 Å². The average Bonchev–Trinajstić information content (AvgIpc) is 2.71. The first-order valence-corrected chi connectivity index (χ1v) is 6.62. The zero-order valence-electron chi connectivity index (χ0n) is 8.94. The van der Waals surface area contributed by atoms with E-state index in [2.05, 4.69) is 32.3 Å². The Morgan fingerprint density at radius 1 is 1.47 bits per heavy atom. The van der Waals surface area contributed by atoms with Gasteiger partial charge in [0.25, 0.3) is 0 Å². The first-order valence-electron chi connectivity index (χ1n) is 4.73. The second kappa shape index (κ2) is 5.01. The van der Waals surface area contributed by atoms with E-state index in [1.54, 1.807) is 0 Å². The van der Waals surface area contributed by atoms with Crippen LogP contribution in [0.5, 0.6) is 0 Å². The van der Waals surface area contributed by atoms with Crippen LogP contribution in [0.25, 0.3) is 10.6 Å². The van der Waals surface area contributed by atoms with Crippen molar-refractivity contribution in [1.29, 1.82) is 0 Å². The molecule has 0 bridgehead atoms. The van der Waals surface area contributed by atoms with Crippen LogP contribution in [0.4, 0.5) is 5.00 Å². The number of nitrogens with zero attached hydrogens (tertiary/aromatic N) is 1. The number of hydrogen-bond donors (Lipinski definition) is 1. The van der Waals surface area contributed by atoms with Gasteiger partial charge in [-0.2, -0.15) is 0 Å². The third-order valence-electron chi connectivity index (χ3n) is 2.14. The molecule has 17 heavy (non-hydrogen) atoms. The van der Waals surface area contributed by atoms with E-state index in [0.29, 0.717) is 5.00 Å². The number of thiazole rings is 1. The van der Waals surface area contributed by atoms with Crippen LogP contribution < -0.4 is 5.73 Å². The summed E-state index contributed by atoms with van der Waals surface area (Å²) >= 11 is 3.51. The second-order valence-electron chi connectivity index (χ2n) is 3.20. The van der Waals surface area contributed by atoms with Crippen LogP contribution in [0.1, 0.15) is 10.5 Å². The Balaban J connectivity index is 2.49. The van der Waals surface area contributed by atoms with Crippen LogP contribution in [0.15, 0.2) is 24.3 Å². The number of esters is 1. The van der Waals surface area contributed by atoms with Crippen LogP contribution in [0.2, 0.25) is 0 Å². The van der Waals surface area contributed by atoms with Gasteiger partial charge >= 0.3 is 5.97 Å². The summed E-state index contributed by atoms with van der Waals surface area (Å²) in [6, 6.07) is 7.79. The van der Waals surface area contributed by atoms with Crippen molar-refractivity contribution in [1.82, 2.24) is 4.98 Å². The summed E-state index contributed by atoms with van der Waals surface area (Å²) in [5.41, 5.74) is 6.92. The van der Waals surface area contributed by atoms with Gasteiger partial charge in [-0.1, -0.05) is 29.5 Å². The van der Waals surface area contributed by atoms with Gasteiger partial charge < -0.3 is 10.5 Å². The SMILES string of the molecule is COC(=O)c1nc(-c2ccccc2I)sc1N. The van der Waals surface area contributed by atoms with E-state index < -0.39 is 5.97 Å². The van der Waals surface area contributed by atoms with Crippen LogP contribution in [-0.2, 0) is 4.74 Å². The maximum Gasteiger partial charge on any atom is 0.359 e. The number of anilines is 1. The van der Waals surface area contributed by atoms with Crippen molar-refractivity contribution in [3.8, 4) is 10.6 Å². The minimum Gasteiger partial charge on any atom is -0.464 e. The lowest BCUT2D eigenvalue weighted by atomic mass is 10.2. The summed E-state index contributed by atoms with van der Waals surface area (Å²) in [7, 11) is 1.31. The van der Waals surface area contributed by atoms with Crippen LogP contribution in [0.3, 0.4) is 0 Å². The number of ether oxygens (including phenoxy) is 1. The van der Waals surface area contributed by atoms with E-state index in [-0.39, 0.29) is 5.69 Å². The molecular formula is C11H9IN2O2S. The Kier molecular flexibility index (Phi) is 3.63. The molecule has 1 aromatic carbocycles. The molecule has 0 unspecified atom stereocenters. The van der Waals surface area contributed by atoms with Crippen molar-refractivity contribution in [3.63, 3.8) is 0 Å². The zero-order valence-corrected chi connectivity index (χ0v) is 11.9. The lowest BCUT2D eigenvalue weighted by Gasteiger charge is -1.98. The topological polar surface area (TPSA) is 65.2 Å². The molecule has 0 saturated carbocycles. The largest absolute Gasteiger partial charge is 0.464 e. The summed E-state index contributed by atoms with van der Waals surface area (Å²) in [4.78, 5) is 15.6. The Morgan fingerprint density at radius 2 is 2.18 bits per heavy atom. The maximum atomic E-state index is 11.4. The van der Waals surface area contributed by atoms with Gasteiger partial charge in [0.1, 0.15) is 10.0 Å². The number of nitrogens with two attached hydrogens (primary N) is 1. The molecule has 2 N–H and O–H groups in total. The fourth-order valence-corrected chi connectivity index (χ4v) is 3.01. The van der Waals surface area contributed by atoms with Gasteiger partial charge in [-0.3, -0.25) is 0 Å². The molecule has 4 nitrogen and oxygen atoms in total. The molecule has 0 aliphatic rings. The number of nitrogen functional groups attached to an aromatic ring is 1. The van der Waals surface area contributed by atoms with Crippen molar-refractivity contribution < 1.29 is 9.53 Å². The van der Waals surface area contributed by atoms with Gasteiger partial charge in [0.15, 0.2) is 5.69 Å². The first-order chi connectivity index (χ1) is 8.13. The normalized spacial score (nSPS) is 10.2. The van der Waals surface area contributed by atoms with Crippen molar-refractivity contribution in [2.75, 3.05) is 12.8 Å². The molecule has 0 atom stereocenters. The Morgan fingerprint density at radius 3 is 2.82 bits per heavy atom. The zero-order chi connectivity index (χ0) is 12.4. The lowest BCUT2D eigenvalue weighted by Crippen LogP contribution is -2.04. The van der Waals surface area contributed by atoms with Crippen LogP contribution in [-0.4, -0.2) is 18.1 Å². The molecule has 1 aromatic heterocycles. The highest BCUT2D eigenvalue weighted by Crippen LogP contribution is 2.32. The molecule has 2 rings (SSSR count). The summed E-state index contributed by atoms with van der Waals surface area (Å²) in [5, 5.41) is 1.11. The van der Waals surface area contributed by atoms with Gasteiger partial charge in [-0.25, -0.2) is 9.78 Å². The van der Waals surface area contributed by atoms with Gasteiger partial charge in [0, 0.05) is 9.13 Å². The van der Waals surface area contributed by atoms with E-state index >= 15 is 0 Å². The molecule has 0 aliphatic carbocycles. The second-order valence-corrected chi connectivity index (χ2v) is 5.40. The fourth-order valence-electron chi connectivity index (χ4n) is 1.32. The highest BCUT2D eigenvalue weighted by molar-refractivity contribution is 14.1. The van der Waals surface area contributed by atoms with E-state index in [1.165, 1.54) is 18.4 Å². The molecule has 6 heteroatoms. The Labute approximate surface area is 116 Å². The number of carbonyl (C=O) groups excluding carboxylic acids is 1. The lowest BCUT2D eigenvalue weighted by molar-refractivity contribution is 0.0596. The number of halogens is 1.